The van der Waals surface area contributed by atoms with Crippen molar-refractivity contribution in [3.63, 3.8) is 0 Å². The van der Waals surface area contributed by atoms with E-state index in [2.05, 4.69) is 5.32 Å². The van der Waals surface area contributed by atoms with Crippen molar-refractivity contribution in [3.8, 4) is 0 Å². The molecule has 0 aromatic heterocycles. The smallest absolute Gasteiger partial charge is 0.142 e. The van der Waals surface area contributed by atoms with Crippen molar-refractivity contribution in [2.24, 2.45) is 0 Å². The van der Waals surface area contributed by atoms with Crippen LogP contribution >= 0.6 is 23.2 Å². The van der Waals surface area contributed by atoms with Gasteiger partial charge in [-0.25, -0.2) is 4.39 Å². The van der Waals surface area contributed by atoms with E-state index in [0.29, 0.717) is 30.4 Å². The molecule has 0 radical (unpaired) electrons. The van der Waals surface area contributed by atoms with Crippen LogP contribution < -0.4 is 5.32 Å². The third kappa shape index (κ3) is 6.49. The molecule has 0 saturated carbocycles. The first-order chi connectivity index (χ1) is 10.1. The van der Waals surface area contributed by atoms with E-state index in [1.165, 1.54) is 12.1 Å². The molecule has 0 amide bonds. The number of benzene rings is 1. The fraction of sp³-hybridized carbons (Fsp3) is 0.600. The topological polar surface area (TPSA) is 30.5 Å². The molecule has 120 valence electrons. The fourth-order valence-electron chi connectivity index (χ4n) is 1.93. The van der Waals surface area contributed by atoms with E-state index >= 15 is 0 Å². The number of unbranched alkanes of at least 4 members (excludes halogenated alkanes) is 1. The van der Waals surface area contributed by atoms with E-state index < -0.39 is 5.82 Å². The van der Waals surface area contributed by atoms with Crippen molar-refractivity contribution in [2.75, 3.05) is 33.5 Å². The minimum atomic E-state index is -0.448. The summed E-state index contributed by atoms with van der Waals surface area (Å²) in [5.41, 5.74) is 0.606. The summed E-state index contributed by atoms with van der Waals surface area (Å²) in [6.45, 7) is 4.65. The molecule has 3 nitrogen and oxygen atoms in total. The average Bonchev–Trinajstić information content (AvgIpc) is 2.46. The van der Waals surface area contributed by atoms with Gasteiger partial charge in [-0.05, 0) is 38.4 Å². The number of ether oxygens (including phenoxy) is 2. The third-order valence-corrected chi connectivity index (χ3v) is 3.82. The van der Waals surface area contributed by atoms with Crippen LogP contribution in [0, 0.1) is 5.82 Å². The standard InChI is InChI=1S/C15H22Cl2FNO2/c1-11(14-12(16)5-6-13(18)15(14)17)19-7-3-4-8-21-10-9-20-2/h5-6,11,19H,3-4,7-10H2,1-2H3. The molecule has 0 aliphatic carbocycles. The predicted molar refractivity (Wildman–Crippen MR) is 84.8 cm³/mol. The molecule has 0 aliphatic heterocycles. The van der Waals surface area contributed by atoms with E-state index in [1.807, 2.05) is 6.92 Å². The lowest BCUT2D eigenvalue weighted by atomic mass is 10.1. The summed E-state index contributed by atoms with van der Waals surface area (Å²) in [4.78, 5) is 0. The van der Waals surface area contributed by atoms with Crippen LogP contribution in [0.25, 0.3) is 0 Å². The van der Waals surface area contributed by atoms with Gasteiger partial charge in [-0.15, -0.1) is 0 Å². The van der Waals surface area contributed by atoms with Crippen molar-refractivity contribution in [2.45, 2.75) is 25.8 Å². The molecule has 0 aliphatic rings. The van der Waals surface area contributed by atoms with Gasteiger partial charge in [0.05, 0.1) is 18.2 Å². The molecule has 1 atom stereocenters. The molecule has 1 unspecified atom stereocenters. The molecule has 1 aromatic rings. The molecule has 0 spiro atoms. The Bertz CT molecular complexity index is 432. The van der Waals surface area contributed by atoms with E-state index in [4.69, 9.17) is 32.7 Å². The summed E-state index contributed by atoms with van der Waals surface area (Å²) in [5, 5.41) is 3.86. The van der Waals surface area contributed by atoms with Crippen molar-refractivity contribution in [1.82, 2.24) is 5.32 Å². The highest BCUT2D eigenvalue weighted by molar-refractivity contribution is 6.36. The van der Waals surface area contributed by atoms with E-state index in [-0.39, 0.29) is 11.1 Å². The zero-order valence-electron chi connectivity index (χ0n) is 12.4. The first kappa shape index (κ1) is 18.7. The maximum atomic E-state index is 13.5. The first-order valence-electron chi connectivity index (χ1n) is 7.01. The SMILES string of the molecule is COCCOCCCCNC(C)c1c(Cl)ccc(F)c1Cl. The molecule has 0 heterocycles. The Morgan fingerprint density at radius 2 is 1.95 bits per heavy atom. The largest absolute Gasteiger partial charge is 0.382 e. The van der Waals surface area contributed by atoms with Gasteiger partial charge >= 0.3 is 0 Å². The molecule has 1 aromatic carbocycles. The maximum Gasteiger partial charge on any atom is 0.142 e. The highest BCUT2D eigenvalue weighted by Crippen LogP contribution is 2.32. The first-order valence-corrected chi connectivity index (χ1v) is 7.77. The minimum absolute atomic E-state index is 0.0883. The molecular weight excluding hydrogens is 316 g/mol. The number of nitrogens with one attached hydrogen (secondary N) is 1. The Morgan fingerprint density at radius 1 is 1.19 bits per heavy atom. The van der Waals surface area contributed by atoms with Crippen LogP contribution in [0.1, 0.15) is 31.4 Å². The van der Waals surface area contributed by atoms with Crippen LogP contribution in [0.15, 0.2) is 12.1 Å². The number of halogens is 3. The third-order valence-electron chi connectivity index (χ3n) is 3.11. The highest BCUT2D eigenvalue weighted by atomic mass is 35.5. The molecule has 6 heteroatoms. The van der Waals surface area contributed by atoms with Gasteiger partial charge in [0.2, 0.25) is 0 Å². The molecule has 1 rings (SSSR count). The quantitative estimate of drug-likeness (QED) is 0.512. The van der Waals surface area contributed by atoms with Crippen molar-refractivity contribution in [1.29, 1.82) is 0 Å². The van der Waals surface area contributed by atoms with Gasteiger partial charge < -0.3 is 14.8 Å². The number of hydrogen-bond acceptors (Lipinski definition) is 3. The maximum absolute atomic E-state index is 13.5. The summed E-state index contributed by atoms with van der Waals surface area (Å²) in [6.07, 6.45) is 1.91. The molecular formula is C15H22Cl2FNO2. The second-order valence-corrected chi connectivity index (χ2v) is 5.53. The van der Waals surface area contributed by atoms with Gasteiger partial charge in [0.15, 0.2) is 0 Å². The second kappa shape index (κ2) is 10.4. The molecule has 0 fully saturated rings. The lowest BCUT2D eigenvalue weighted by molar-refractivity contribution is 0.0687. The van der Waals surface area contributed by atoms with Gasteiger partial charge in [0, 0.05) is 30.3 Å². The molecule has 1 N–H and O–H groups in total. The Morgan fingerprint density at radius 3 is 2.67 bits per heavy atom. The summed E-state index contributed by atoms with van der Waals surface area (Å²) >= 11 is 12.1. The average molecular weight is 338 g/mol. The van der Waals surface area contributed by atoms with Crippen molar-refractivity contribution < 1.29 is 13.9 Å². The number of rotatable bonds is 10. The summed E-state index contributed by atoms with van der Waals surface area (Å²) < 4.78 is 23.7. The summed E-state index contributed by atoms with van der Waals surface area (Å²) in [5.74, 6) is -0.448. The fourth-order valence-corrected chi connectivity index (χ4v) is 2.63. The molecule has 21 heavy (non-hydrogen) atoms. The Kier molecular flexibility index (Phi) is 9.20. The van der Waals surface area contributed by atoms with Crippen LogP contribution in [-0.4, -0.2) is 33.5 Å². The van der Waals surface area contributed by atoms with E-state index in [1.54, 1.807) is 7.11 Å². The van der Waals surface area contributed by atoms with E-state index in [0.717, 1.165) is 19.4 Å². The highest BCUT2D eigenvalue weighted by Gasteiger charge is 2.16. The van der Waals surface area contributed by atoms with Crippen LogP contribution in [0.5, 0.6) is 0 Å². The van der Waals surface area contributed by atoms with Crippen LogP contribution in [0.3, 0.4) is 0 Å². The van der Waals surface area contributed by atoms with Crippen LogP contribution in [0.2, 0.25) is 10.0 Å². The lowest BCUT2D eigenvalue weighted by Crippen LogP contribution is -2.21. The Balaban J connectivity index is 2.28. The minimum Gasteiger partial charge on any atom is -0.382 e. The van der Waals surface area contributed by atoms with Crippen LogP contribution in [-0.2, 0) is 9.47 Å². The number of methoxy groups -OCH3 is 1. The van der Waals surface area contributed by atoms with Gasteiger partial charge in [-0.1, -0.05) is 23.2 Å². The number of hydrogen-bond donors (Lipinski definition) is 1. The Hall–Kier alpha value is -0.390. The van der Waals surface area contributed by atoms with Crippen LogP contribution in [0.4, 0.5) is 4.39 Å². The lowest BCUT2D eigenvalue weighted by Gasteiger charge is -2.17. The van der Waals surface area contributed by atoms with Crippen molar-refractivity contribution >= 4 is 23.2 Å². The zero-order chi connectivity index (χ0) is 15.7. The molecule has 0 saturated heterocycles. The zero-order valence-corrected chi connectivity index (χ0v) is 13.9. The van der Waals surface area contributed by atoms with Crippen molar-refractivity contribution in [3.05, 3.63) is 33.6 Å². The van der Waals surface area contributed by atoms with Gasteiger partial charge in [-0.3, -0.25) is 0 Å². The summed E-state index contributed by atoms with van der Waals surface area (Å²) in [7, 11) is 1.65. The second-order valence-electron chi connectivity index (χ2n) is 4.74. The molecule has 0 bridgehead atoms. The summed E-state index contributed by atoms with van der Waals surface area (Å²) in [6, 6.07) is 2.70. The monoisotopic (exact) mass is 337 g/mol. The Labute approximate surface area is 135 Å². The van der Waals surface area contributed by atoms with Gasteiger partial charge in [-0.2, -0.15) is 0 Å². The predicted octanol–water partition coefficient (Wildman–Crippen LogP) is 4.23. The van der Waals surface area contributed by atoms with E-state index in [9.17, 15) is 4.39 Å². The van der Waals surface area contributed by atoms with Gasteiger partial charge in [0.25, 0.3) is 0 Å². The van der Waals surface area contributed by atoms with Gasteiger partial charge in [0.1, 0.15) is 5.82 Å². The normalized spacial score (nSPS) is 12.6.